The number of nitrogens with one attached hydrogen (secondary N) is 2. The van der Waals surface area contributed by atoms with Gasteiger partial charge >= 0.3 is 0 Å². The third-order valence-corrected chi connectivity index (χ3v) is 2.49. The molecule has 88 valence electrons. The Morgan fingerprint density at radius 1 is 1.29 bits per heavy atom. The highest BCUT2D eigenvalue weighted by atomic mass is 15.3. The molecule has 1 aromatic carbocycles. The summed E-state index contributed by atoms with van der Waals surface area (Å²) in [5, 5.41) is 19.6. The quantitative estimate of drug-likeness (QED) is 0.419. The fraction of sp³-hybridized carbons (Fsp3) is 0.250. The third-order valence-electron chi connectivity index (χ3n) is 2.49. The molecule has 0 saturated heterocycles. The van der Waals surface area contributed by atoms with E-state index in [1.807, 2.05) is 32.9 Å². The smallest absolute Gasteiger partial charge is 0.201 e. The van der Waals surface area contributed by atoms with Crippen molar-refractivity contribution in [1.82, 2.24) is 0 Å². The Bertz CT molecular complexity index is 522. The minimum Gasteiger partial charge on any atom is -0.382 e. The van der Waals surface area contributed by atoms with Gasteiger partial charge in [-0.1, -0.05) is 6.07 Å². The molecule has 0 aliphatic rings. The Labute approximate surface area is 100 Å². The minimum absolute atomic E-state index is 0.123. The van der Waals surface area contributed by atoms with Gasteiger partial charge in [-0.2, -0.15) is 10.4 Å². The molecule has 0 spiro atoms. The maximum Gasteiger partial charge on any atom is 0.201 e. The van der Waals surface area contributed by atoms with E-state index in [1.165, 1.54) is 5.56 Å². The molecule has 0 heterocycles. The Balaban J connectivity index is 3.01. The molecule has 5 nitrogen and oxygen atoms in total. The van der Waals surface area contributed by atoms with E-state index in [9.17, 15) is 0 Å². The van der Waals surface area contributed by atoms with E-state index in [1.54, 1.807) is 6.07 Å². The molecule has 0 radical (unpaired) electrons. The second-order valence-electron chi connectivity index (χ2n) is 3.85. The SMILES string of the molecule is Cc1cc(C)c(N/N=C(\C#N)C(=N)N)cc1C. The van der Waals surface area contributed by atoms with E-state index in [0.29, 0.717) is 0 Å². The Morgan fingerprint density at radius 3 is 2.41 bits per heavy atom. The lowest BCUT2D eigenvalue weighted by Gasteiger charge is -2.09. The molecule has 1 aromatic rings. The largest absolute Gasteiger partial charge is 0.382 e. The zero-order valence-corrected chi connectivity index (χ0v) is 10.1. The maximum absolute atomic E-state index is 8.70. The number of nitriles is 1. The molecule has 0 bridgehead atoms. The molecule has 0 aliphatic heterocycles. The molecular formula is C12H15N5. The summed E-state index contributed by atoms with van der Waals surface area (Å²) in [5.74, 6) is -0.346. The molecule has 0 amide bonds. The summed E-state index contributed by atoms with van der Waals surface area (Å²) >= 11 is 0. The number of nitrogens with zero attached hydrogens (tertiary/aromatic N) is 2. The fourth-order valence-electron chi connectivity index (χ4n) is 1.34. The van der Waals surface area contributed by atoms with Crippen LogP contribution < -0.4 is 11.2 Å². The summed E-state index contributed by atoms with van der Waals surface area (Å²) in [5.41, 5.74) is 12.0. The Morgan fingerprint density at radius 2 is 1.88 bits per heavy atom. The van der Waals surface area contributed by atoms with Crippen molar-refractivity contribution in [3.05, 3.63) is 28.8 Å². The summed E-state index contributed by atoms with van der Waals surface area (Å²) in [6, 6.07) is 5.74. The van der Waals surface area contributed by atoms with Crippen LogP contribution in [0.3, 0.4) is 0 Å². The summed E-state index contributed by atoms with van der Waals surface area (Å²) in [6.07, 6.45) is 0. The normalized spacial score (nSPS) is 10.8. The van der Waals surface area contributed by atoms with Crippen molar-refractivity contribution in [2.45, 2.75) is 20.8 Å². The summed E-state index contributed by atoms with van der Waals surface area (Å²) in [4.78, 5) is 0. The second-order valence-corrected chi connectivity index (χ2v) is 3.85. The first-order valence-corrected chi connectivity index (χ1v) is 5.11. The zero-order valence-electron chi connectivity index (χ0n) is 10.1. The number of hydrazone groups is 1. The van der Waals surface area contributed by atoms with Gasteiger partial charge in [0.2, 0.25) is 5.71 Å². The van der Waals surface area contributed by atoms with Crippen molar-refractivity contribution in [2.24, 2.45) is 10.8 Å². The number of hydrogen-bond donors (Lipinski definition) is 3. The van der Waals surface area contributed by atoms with E-state index in [-0.39, 0.29) is 11.5 Å². The average Bonchev–Trinajstić information content (AvgIpc) is 2.25. The lowest BCUT2D eigenvalue weighted by Crippen LogP contribution is -2.22. The van der Waals surface area contributed by atoms with Crippen LogP contribution in [0.15, 0.2) is 17.2 Å². The fourth-order valence-corrected chi connectivity index (χ4v) is 1.34. The maximum atomic E-state index is 8.70. The first-order valence-electron chi connectivity index (χ1n) is 5.11. The highest BCUT2D eigenvalue weighted by molar-refractivity contribution is 6.45. The predicted octanol–water partition coefficient (Wildman–Crippen LogP) is 1.84. The lowest BCUT2D eigenvalue weighted by atomic mass is 10.1. The van der Waals surface area contributed by atoms with Gasteiger partial charge in [0.25, 0.3) is 0 Å². The highest BCUT2D eigenvalue weighted by Gasteiger charge is 2.03. The van der Waals surface area contributed by atoms with Crippen LogP contribution >= 0.6 is 0 Å². The van der Waals surface area contributed by atoms with Gasteiger partial charge in [0.15, 0.2) is 5.84 Å². The molecule has 0 aromatic heterocycles. The summed E-state index contributed by atoms with van der Waals surface area (Å²) in [6.45, 7) is 5.98. The molecule has 0 aliphatic carbocycles. The third kappa shape index (κ3) is 3.05. The molecular weight excluding hydrogens is 214 g/mol. The van der Waals surface area contributed by atoms with Crippen molar-refractivity contribution in [1.29, 1.82) is 10.7 Å². The van der Waals surface area contributed by atoms with E-state index in [2.05, 4.69) is 10.5 Å². The number of nitrogens with two attached hydrogens (primary N) is 1. The van der Waals surface area contributed by atoms with Crippen molar-refractivity contribution >= 4 is 17.2 Å². The van der Waals surface area contributed by atoms with Gasteiger partial charge in [-0.15, -0.1) is 0 Å². The minimum atomic E-state index is -0.346. The molecule has 5 heteroatoms. The number of amidine groups is 1. The van der Waals surface area contributed by atoms with Crippen LogP contribution in [0.5, 0.6) is 0 Å². The van der Waals surface area contributed by atoms with Crippen molar-refractivity contribution in [3.8, 4) is 6.07 Å². The van der Waals surface area contributed by atoms with E-state index in [0.717, 1.165) is 16.8 Å². The number of aryl methyl sites for hydroxylation is 3. The van der Waals surface area contributed by atoms with Crippen LogP contribution in [0.1, 0.15) is 16.7 Å². The van der Waals surface area contributed by atoms with Crippen LogP contribution in [-0.4, -0.2) is 11.5 Å². The van der Waals surface area contributed by atoms with Gasteiger partial charge < -0.3 is 5.73 Å². The molecule has 0 atom stereocenters. The van der Waals surface area contributed by atoms with Crippen LogP contribution in [-0.2, 0) is 0 Å². The van der Waals surface area contributed by atoms with Crippen LogP contribution in [0.25, 0.3) is 0 Å². The van der Waals surface area contributed by atoms with E-state index in [4.69, 9.17) is 16.4 Å². The highest BCUT2D eigenvalue weighted by Crippen LogP contribution is 2.19. The first-order chi connectivity index (χ1) is 7.95. The predicted molar refractivity (Wildman–Crippen MR) is 69.2 cm³/mol. The number of anilines is 1. The van der Waals surface area contributed by atoms with E-state index >= 15 is 0 Å². The number of benzene rings is 1. The molecule has 17 heavy (non-hydrogen) atoms. The van der Waals surface area contributed by atoms with Gasteiger partial charge in [0.05, 0.1) is 5.69 Å². The van der Waals surface area contributed by atoms with Crippen molar-refractivity contribution in [3.63, 3.8) is 0 Å². The molecule has 0 saturated carbocycles. The standard InChI is InChI=1S/C12H15N5/c1-7-4-9(3)10(5-8(7)2)16-17-11(6-13)12(14)15/h4-5,16H,1-3H3,(H3,14,15)/b17-11+. The van der Waals surface area contributed by atoms with Gasteiger partial charge in [-0.25, -0.2) is 0 Å². The van der Waals surface area contributed by atoms with Crippen molar-refractivity contribution < 1.29 is 0 Å². The van der Waals surface area contributed by atoms with Gasteiger partial charge in [0.1, 0.15) is 6.07 Å². The summed E-state index contributed by atoms with van der Waals surface area (Å²) < 4.78 is 0. The van der Waals surface area contributed by atoms with Crippen molar-refractivity contribution in [2.75, 3.05) is 5.43 Å². The van der Waals surface area contributed by atoms with Crippen LogP contribution in [0.2, 0.25) is 0 Å². The topological polar surface area (TPSA) is 98.0 Å². The monoisotopic (exact) mass is 229 g/mol. The summed E-state index contributed by atoms with van der Waals surface area (Å²) in [7, 11) is 0. The lowest BCUT2D eigenvalue weighted by molar-refractivity contribution is 1.25. The van der Waals surface area contributed by atoms with E-state index < -0.39 is 0 Å². The number of rotatable bonds is 3. The molecule has 0 unspecified atom stereocenters. The zero-order chi connectivity index (χ0) is 13.0. The first kappa shape index (κ1) is 12.7. The Kier molecular flexibility index (Phi) is 3.83. The van der Waals surface area contributed by atoms with Gasteiger partial charge in [0, 0.05) is 0 Å². The van der Waals surface area contributed by atoms with Crippen LogP contribution in [0.4, 0.5) is 5.69 Å². The average molecular weight is 229 g/mol. The molecule has 4 N–H and O–H groups in total. The number of hydrogen-bond acceptors (Lipinski definition) is 4. The van der Waals surface area contributed by atoms with Crippen LogP contribution in [0, 0.1) is 37.5 Å². The Hall–Kier alpha value is -2.35. The van der Waals surface area contributed by atoms with Gasteiger partial charge in [-0.05, 0) is 43.5 Å². The van der Waals surface area contributed by atoms with Gasteiger partial charge in [-0.3, -0.25) is 10.8 Å². The molecule has 1 rings (SSSR count). The molecule has 0 fully saturated rings. The second kappa shape index (κ2) is 5.12.